The average molecular weight is 206 g/mol. The van der Waals surface area contributed by atoms with Gasteiger partial charge in [0.25, 0.3) is 0 Å². The minimum absolute atomic E-state index is 0.216. The van der Waals surface area contributed by atoms with E-state index in [1.807, 2.05) is 6.92 Å². The largest absolute Gasteiger partial charge is 0.313 e. The molecule has 1 N–H and O–H groups in total. The predicted molar refractivity (Wildman–Crippen MR) is 53.1 cm³/mol. The van der Waals surface area contributed by atoms with E-state index in [1.54, 1.807) is 7.05 Å². The Labute approximate surface area is 80.4 Å². The minimum atomic E-state index is -3.01. The Bertz CT molecular complexity index is 247. The number of hydrogen-bond donors (Lipinski definition) is 1. The molecular weight excluding hydrogens is 188 g/mol. The first kappa shape index (κ1) is 10.9. The first-order valence-corrected chi connectivity index (χ1v) is 6.34. The van der Waals surface area contributed by atoms with Gasteiger partial charge in [-0.2, -0.15) is 0 Å². The first-order valence-electron chi connectivity index (χ1n) is 4.73. The second-order valence-corrected chi connectivity index (χ2v) is 5.65. The molecule has 78 valence electrons. The molecule has 0 heterocycles. The van der Waals surface area contributed by atoms with Gasteiger partial charge in [-0.15, -0.1) is 0 Å². The molecule has 0 aromatic carbocycles. The molecule has 0 atom stereocenters. The smallest absolute Gasteiger partial charge is 0.215 e. The second kappa shape index (κ2) is 4.39. The van der Waals surface area contributed by atoms with E-state index < -0.39 is 10.0 Å². The molecule has 0 amide bonds. The maximum absolute atomic E-state index is 11.4. The molecule has 0 spiro atoms. The van der Waals surface area contributed by atoms with Gasteiger partial charge in [-0.3, -0.25) is 0 Å². The summed E-state index contributed by atoms with van der Waals surface area (Å²) in [5.41, 5.74) is 0. The second-order valence-electron chi connectivity index (χ2n) is 3.46. The van der Waals surface area contributed by atoms with E-state index in [9.17, 15) is 8.42 Å². The fraction of sp³-hybridized carbons (Fsp3) is 1.00. The third-order valence-electron chi connectivity index (χ3n) is 2.29. The number of rotatable bonds is 6. The van der Waals surface area contributed by atoms with Gasteiger partial charge in [0.15, 0.2) is 0 Å². The van der Waals surface area contributed by atoms with Crippen LogP contribution < -0.4 is 5.32 Å². The predicted octanol–water partition coefficient (Wildman–Crippen LogP) is 0.0199. The van der Waals surface area contributed by atoms with Crippen molar-refractivity contribution in [1.29, 1.82) is 0 Å². The normalized spacial score (nSPS) is 18.1. The van der Waals surface area contributed by atoms with Gasteiger partial charge < -0.3 is 5.32 Å². The van der Waals surface area contributed by atoms with Gasteiger partial charge in [0.1, 0.15) is 0 Å². The summed E-state index contributed by atoms with van der Waals surface area (Å²) >= 11 is 0. The van der Waals surface area contributed by atoms with Gasteiger partial charge in [0.05, 0.1) is 5.75 Å². The molecule has 0 saturated heterocycles. The molecule has 1 aliphatic rings. The summed E-state index contributed by atoms with van der Waals surface area (Å²) in [4.78, 5) is 0. The van der Waals surface area contributed by atoms with Crippen molar-refractivity contribution in [2.75, 3.05) is 25.9 Å². The van der Waals surface area contributed by atoms with Crippen molar-refractivity contribution in [2.45, 2.75) is 25.8 Å². The van der Waals surface area contributed by atoms with Crippen LogP contribution in [0, 0.1) is 0 Å². The molecule has 0 unspecified atom stereocenters. The maximum Gasteiger partial charge on any atom is 0.215 e. The third-order valence-corrected chi connectivity index (χ3v) is 4.22. The molecule has 1 rings (SSSR count). The summed E-state index contributed by atoms with van der Waals surface area (Å²) in [6, 6.07) is 0.585. The topological polar surface area (TPSA) is 49.4 Å². The van der Waals surface area contributed by atoms with Crippen LogP contribution in [0.5, 0.6) is 0 Å². The number of nitrogens with one attached hydrogen (secondary N) is 1. The summed E-state index contributed by atoms with van der Waals surface area (Å²) in [5, 5.41) is 3.19. The lowest BCUT2D eigenvalue weighted by atomic mass is 10.6. The molecule has 5 heteroatoms. The third kappa shape index (κ3) is 3.62. The lowest BCUT2D eigenvalue weighted by molar-refractivity contribution is 0.484. The number of hydrogen-bond acceptors (Lipinski definition) is 3. The lowest BCUT2D eigenvalue weighted by Gasteiger charge is -2.14. The Kier molecular flexibility index (Phi) is 3.70. The first-order chi connectivity index (χ1) is 6.06. The molecule has 0 bridgehead atoms. The van der Waals surface area contributed by atoms with Gasteiger partial charge in [-0.25, -0.2) is 12.7 Å². The Morgan fingerprint density at radius 3 is 2.54 bits per heavy atom. The summed E-state index contributed by atoms with van der Waals surface area (Å²) < 4.78 is 24.3. The minimum Gasteiger partial charge on any atom is -0.313 e. The monoisotopic (exact) mass is 206 g/mol. The average Bonchev–Trinajstić information content (AvgIpc) is 2.86. The zero-order chi connectivity index (χ0) is 9.90. The van der Waals surface area contributed by atoms with Gasteiger partial charge in [0, 0.05) is 26.2 Å². The van der Waals surface area contributed by atoms with Gasteiger partial charge in [0.2, 0.25) is 10.0 Å². The van der Waals surface area contributed by atoms with E-state index in [-0.39, 0.29) is 5.75 Å². The highest BCUT2D eigenvalue weighted by molar-refractivity contribution is 7.89. The molecule has 1 fully saturated rings. The van der Waals surface area contributed by atoms with Gasteiger partial charge >= 0.3 is 0 Å². The molecule has 13 heavy (non-hydrogen) atoms. The molecule has 0 aromatic rings. The van der Waals surface area contributed by atoms with Crippen LogP contribution in [0.2, 0.25) is 0 Å². The van der Waals surface area contributed by atoms with Crippen molar-refractivity contribution in [3.8, 4) is 0 Å². The van der Waals surface area contributed by atoms with Crippen LogP contribution in [0.25, 0.3) is 0 Å². The highest BCUT2D eigenvalue weighted by Crippen LogP contribution is 2.18. The zero-order valence-electron chi connectivity index (χ0n) is 8.28. The van der Waals surface area contributed by atoms with Crippen molar-refractivity contribution in [2.24, 2.45) is 0 Å². The molecule has 4 nitrogen and oxygen atoms in total. The highest BCUT2D eigenvalue weighted by atomic mass is 32.2. The summed E-state index contributed by atoms with van der Waals surface area (Å²) in [7, 11) is -1.39. The lowest BCUT2D eigenvalue weighted by Crippen LogP contribution is -2.34. The van der Waals surface area contributed by atoms with Crippen molar-refractivity contribution in [3.05, 3.63) is 0 Å². The standard InChI is InChI=1S/C8H18N2O2S/c1-3-10(2)13(11,12)7-6-9-8-4-5-8/h8-9H,3-7H2,1-2H3. The van der Waals surface area contributed by atoms with E-state index in [1.165, 1.54) is 17.1 Å². The van der Waals surface area contributed by atoms with Crippen LogP contribution in [-0.2, 0) is 10.0 Å². The summed E-state index contributed by atoms with van der Waals surface area (Å²) in [5.74, 6) is 0.216. The molecule has 0 aliphatic heterocycles. The number of nitrogens with zero attached hydrogens (tertiary/aromatic N) is 1. The van der Waals surface area contributed by atoms with Crippen LogP contribution in [0.3, 0.4) is 0 Å². The van der Waals surface area contributed by atoms with Crippen LogP contribution in [0.15, 0.2) is 0 Å². The van der Waals surface area contributed by atoms with E-state index in [2.05, 4.69) is 5.32 Å². The van der Waals surface area contributed by atoms with Gasteiger partial charge in [-0.05, 0) is 12.8 Å². The Morgan fingerprint density at radius 2 is 2.08 bits per heavy atom. The molecular formula is C8H18N2O2S. The van der Waals surface area contributed by atoms with Crippen LogP contribution in [-0.4, -0.2) is 44.7 Å². The van der Waals surface area contributed by atoms with E-state index in [0.717, 1.165) is 0 Å². The van der Waals surface area contributed by atoms with Crippen molar-refractivity contribution in [1.82, 2.24) is 9.62 Å². The number of sulfonamides is 1. The van der Waals surface area contributed by atoms with E-state index in [0.29, 0.717) is 19.1 Å². The van der Waals surface area contributed by atoms with Crippen LogP contribution in [0.4, 0.5) is 0 Å². The Balaban J connectivity index is 2.24. The van der Waals surface area contributed by atoms with E-state index in [4.69, 9.17) is 0 Å². The fourth-order valence-corrected chi connectivity index (χ4v) is 2.11. The SMILES string of the molecule is CCN(C)S(=O)(=O)CCNC1CC1. The zero-order valence-corrected chi connectivity index (χ0v) is 9.10. The molecule has 1 saturated carbocycles. The maximum atomic E-state index is 11.4. The molecule has 0 radical (unpaired) electrons. The highest BCUT2D eigenvalue weighted by Gasteiger charge is 2.22. The van der Waals surface area contributed by atoms with Crippen molar-refractivity contribution >= 4 is 10.0 Å². The van der Waals surface area contributed by atoms with Crippen molar-refractivity contribution in [3.63, 3.8) is 0 Å². The fourth-order valence-electron chi connectivity index (χ4n) is 1.03. The van der Waals surface area contributed by atoms with Crippen LogP contribution in [0.1, 0.15) is 19.8 Å². The quantitative estimate of drug-likeness (QED) is 0.666. The summed E-state index contributed by atoms with van der Waals surface area (Å²) in [6.07, 6.45) is 2.40. The Morgan fingerprint density at radius 1 is 1.46 bits per heavy atom. The van der Waals surface area contributed by atoms with Crippen molar-refractivity contribution < 1.29 is 8.42 Å². The van der Waals surface area contributed by atoms with Crippen LogP contribution >= 0.6 is 0 Å². The summed E-state index contributed by atoms with van der Waals surface area (Å²) in [6.45, 7) is 2.97. The van der Waals surface area contributed by atoms with E-state index >= 15 is 0 Å². The molecule has 1 aliphatic carbocycles. The Hall–Kier alpha value is -0.130. The molecule has 0 aromatic heterocycles. The van der Waals surface area contributed by atoms with Gasteiger partial charge in [-0.1, -0.05) is 6.92 Å².